The molecular weight excluding hydrogens is 314 g/mol. The zero-order chi connectivity index (χ0) is 17.0. The molecule has 0 bridgehead atoms. The highest BCUT2D eigenvalue weighted by atomic mass is 32.2. The fourth-order valence-electron chi connectivity index (χ4n) is 2.23. The maximum Gasteiger partial charge on any atom is 0.337 e. The summed E-state index contributed by atoms with van der Waals surface area (Å²) in [5, 5.41) is 0. The van der Waals surface area contributed by atoms with E-state index >= 15 is 0 Å². The smallest absolute Gasteiger partial charge is 0.337 e. The number of carbonyl (C=O) groups excluding carboxylic acids is 1. The lowest BCUT2D eigenvalue weighted by molar-refractivity contribution is 0.0600. The molecule has 122 valence electrons. The van der Waals surface area contributed by atoms with E-state index in [0.717, 1.165) is 11.1 Å². The molecule has 0 spiro atoms. The molecular formula is C17H19NO4S. The van der Waals surface area contributed by atoms with Gasteiger partial charge in [0.2, 0.25) is 10.0 Å². The van der Waals surface area contributed by atoms with Gasteiger partial charge >= 0.3 is 5.97 Å². The standard InChI is InChI=1S/C17H19NO4S/c1-12-4-9-16(13(2)10-12)23(20,21)18-11-14-5-7-15(8-6-14)17(19)22-3/h4-10,18H,11H2,1-3H3. The molecule has 0 aromatic heterocycles. The van der Waals surface area contributed by atoms with Crippen LogP contribution in [0.25, 0.3) is 0 Å². The normalized spacial score (nSPS) is 11.3. The van der Waals surface area contributed by atoms with Gasteiger partial charge in [-0.05, 0) is 43.2 Å². The molecule has 0 saturated carbocycles. The van der Waals surface area contributed by atoms with Gasteiger partial charge in [0.05, 0.1) is 17.6 Å². The molecule has 23 heavy (non-hydrogen) atoms. The summed E-state index contributed by atoms with van der Waals surface area (Å²) in [6, 6.07) is 11.8. The summed E-state index contributed by atoms with van der Waals surface area (Å²) in [5.74, 6) is -0.424. The summed E-state index contributed by atoms with van der Waals surface area (Å²) in [5.41, 5.74) is 2.90. The summed E-state index contributed by atoms with van der Waals surface area (Å²) in [6.45, 7) is 3.84. The maximum absolute atomic E-state index is 12.4. The lowest BCUT2D eigenvalue weighted by atomic mass is 10.1. The number of ether oxygens (including phenoxy) is 1. The SMILES string of the molecule is COC(=O)c1ccc(CNS(=O)(=O)c2ccc(C)cc2C)cc1. The van der Waals surface area contributed by atoms with Gasteiger partial charge in [0.25, 0.3) is 0 Å². The Morgan fingerprint density at radius 2 is 1.74 bits per heavy atom. The van der Waals surface area contributed by atoms with Crippen molar-refractivity contribution < 1.29 is 17.9 Å². The third-order valence-corrected chi connectivity index (χ3v) is 5.02. The van der Waals surface area contributed by atoms with E-state index in [2.05, 4.69) is 9.46 Å². The summed E-state index contributed by atoms with van der Waals surface area (Å²) in [7, 11) is -2.26. The molecule has 0 aliphatic carbocycles. The number of carbonyl (C=O) groups is 1. The number of esters is 1. The minimum atomic E-state index is -3.58. The quantitative estimate of drug-likeness (QED) is 0.854. The second-order valence-corrected chi connectivity index (χ2v) is 7.02. The van der Waals surface area contributed by atoms with Crippen molar-refractivity contribution in [2.24, 2.45) is 0 Å². The number of sulfonamides is 1. The monoisotopic (exact) mass is 333 g/mol. The van der Waals surface area contributed by atoms with Crippen LogP contribution in [0.1, 0.15) is 27.0 Å². The number of aryl methyl sites for hydroxylation is 2. The molecule has 0 aliphatic heterocycles. The van der Waals surface area contributed by atoms with Crippen LogP contribution in [0.2, 0.25) is 0 Å². The van der Waals surface area contributed by atoms with Crippen molar-refractivity contribution in [3.8, 4) is 0 Å². The number of hydrogen-bond donors (Lipinski definition) is 1. The number of nitrogens with one attached hydrogen (secondary N) is 1. The summed E-state index contributed by atoms with van der Waals surface area (Å²) < 4.78 is 31.9. The van der Waals surface area contributed by atoms with Crippen molar-refractivity contribution in [1.82, 2.24) is 4.72 Å². The topological polar surface area (TPSA) is 72.5 Å². The predicted octanol–water partition coefficient (Wildman–Crippen LogP) is 2.57. The molecule has 0 saturated heterocycles. The predicted molar refractivity (Wildman–Crippen MR) is 87.7 cm³/mol. The van der Waals surface area contributed by atoms with Crippen molar-refractivity contribution >= 4 is 16.0 Å². The minimum Gasteiger partial charge on any atom is -0.465 e. The van der Waals surface area contributed by atoms with Gasteiger partial charge in [0, 0.05) is 6.54 Å². The Kier molecular flexibility index (Phi) is 5.18. The average molecular weight is 333 g/mol. The minimum absolute atomic E-state index is 0.150. The van der Waals surface area contributed by atoms with Gasteiger partial charge in [-0.2, -0.15) is 0 Å². The maximum atomic E-state index is 12.4. The van der Waals surface area contributed by atoms with Crippen LogP contribution in [0.5, 0.6) is 0 Å². The first kappa shape index (κ1) is 17.2. The van der Waals surface area contributed by atoms with Crippen LogP contribution in [0.4, 0.5) is 0 Å². The van der Waals surface area contributed by atoms with Crippen molar-refractivity contribution in [2.75, 3.05) is 7.11 Å². The van der Waals surface area contributed by atoms with Gasteiger partial charge < -0.3 is 4.74 Å². The van der Waals surface area contributed by atoms with Crippen molar-refractivity contribution in [2.45, 2.75) is 25.3 Å². The number of benzene rings is 2. The third kappa shape index (κ3) is 4.18. The Morgan fingerprint density at radius 3 is 2.30 bits per heavy atom. The van der Waals surface area contributed by atoms with Gasteiger partial charge in [-0.25, -0.2) is 17.9 Å². The van der Waals surface area contributed by atoms with Crippen LogP contribution >= 0.6 is 0 Å². The van der Waals surface area contributed by atoms with Gasteiger partial charge in [0.15, 0.2) is 0 Å². The molecule has 0 fully saturated rings. The third-order valence-electron chi connectivity index (χ3n) is 3.46. The number of rotatable bonds is 5. The van der Waals surface area contributed by atoms with E-state index in [-0.39, 0.29) is 11.4 Å². The zero-order valence-electron chi connectivity index (χ0n) is 13.3. The van der Waals surface area contributed by atoms with Crippen LogP contribution in [-0.4, -0.2) is 21.5 Å². The molecule has 2 aromatic rings. The Balaban J connectivity index is 2.11. The first-order valence-electron chi connectivity index (χ1n) is 7.07. The van der Waals surface area contributed by atoms with Crippen LogP contribution < -0.4 is 4.72 Å². The van der Waals surface area contributed by atoms with Crippen LogP contribution in [0.15, 0.2) is 47.4 Å². The van der Waals surface area contributed by atoms with Gasteiger partial charge in [-0.15, -0.1) is 0 Å². The van der Waals surface area contributed by atoms with E-state index in [0.29, 0.717) is 11.1 Å². The Morgan fingerprint density at radius 1 is 1.09 bits per heavy atom. The number of hydrogen-bond acceptors (Lipinski definition) is 4. The van der Waals surface area contributed by atoms with Gasteiger partial charge in [-0.3, -0.25) is 0 Å². The van der Waals surface area contributed by atoms with Crippen molar-refractivity contribution in [3.63, 3.8) is 0 Å². The van der Waals surface area contributed by atoms with Crippen molar-refractivity contribution in [3.05, 3.63) is 64.7 Å². The Bertz CT molecular complexity index is 811. The highest BCUT2D eigenvalue weighted by Gasteiger charge is 2.16. The van der Waals surface area contributed by atoms with Crippen LogP contribution in [0.3, 0.4) is 0 Å². The van der Waals surface area contributed by atoms with Crippen molar-refractivity contribution in [1.29, 1.82) is 0 Å². The molecule has 1 N–H and O–H groups in total. The molecule has 6 heteroatoms. The van der Waals surface area contributed by atoms with Gasteiger partial charge in [-0.1, -0.05) is 29.8 Å². The largest absolute Gasteiger partial charge is 0.465 e. The molecule has 2 aromatic carbocycles. The summed E-state index contributed by atoms with van der Waals surface area (Å²) >= 11 is 0. The first-order valence-corrected chi connectivity index (χ1v) is 8.56. The average Bonchev–Trinajstić information content (AvgIpc) is 2.52. The van der Waals surface area contributed by atoms with E-state index in [9.17, 15) is 13.2 Å². The molecule has 5 nitrogen and oxygen atoms in total. The molecule has 0 aliphatic rings. The second-order valence-electron chi connectivity index (χ2n) is 5.28. The molecule has 0 unspecified atom stereocenters. The fourth-order valence-corrected chi connectivity index (χ4v) is 3.48. The second kappa shape index (κ2) is 6.93. The zero-order valence-corrected chi connectivity index (χ0v) is 14.1. The lowest BCUT2D eigenvalue weighted by Crippen LogP contribution is -2.24. The Labute approximate surface area is 136 Å². The highest BCUT2D eigenvalue weighted by molar-refractivity contribution is 7.89. The van der Waals surface area contributed by atoms with E-state index < -0.39 is 16.0 Å². The summed E-state index contributed by atoms with van der Waals surface area (Å²) in [6.07, 6.45) is 0. The lowest BCUT2D eigenvalue weighted by Gasteiger charge is -2.10. The molecule has 0 amide bonds. The molecule has 0 atom stereocenters. The molecule has 0 radical (unpaired) electrons. The molecule has 0 heterocycles. The van der Waals surface area contributed by atoms with Crippen LogP contribution in [0, 0.1) is 13.8 Å². The fraction of sp³-hybridized carbons (Fsp3) is 0.235. The van der Waals surface area contributed by atoms with E-state index in [1.54, 1.807) is 43.3 Å². The Hall–Kier alpha value is -2.18. The summed E-state index contributed by atoms with van der Waals surface area (Å²) in [4.78, 5) is 11.6. The van der Waals surface area contributed by atoms with E-state index in [1.165, 1.54) is 7.11 Å². The number of methoxy groups -OCH3 is 1. The molecule has 2 rings (SSSR count). The highest BCUT2D eigenvalue weighted by Crippen LogP contribution is 2.16. The first-order chi connectivity index (χ1) is 10.8. The van der Waals surface area contributed by atoms with Gasteiger partial charge in [0.1, 0.15) is 0 Å². The van der Waals surface area contributed by atoms with E-state index in [4.69, 9.17) is 0 Å². The van der Waals surface area contributed by atoms with E-state index in [1.807, 2.05) is 13.0 Å². The van der Waals surface area contributed by atoms with Crippen LogP contribution in [-0.2, 0) is 21.3 Å².